The van der Waals surface area contributed by atoms with Crippen molar-refractivity contribution in [2.45, 2.75) is 17.1 Å². The van der Waals surface area contributed by atoms with Crippen LogP contribution >= 0.6 is 11.8 Å². The molecule has 0 bridgehead atoms. The summed E-state index contributed by atoms with van der Waals surface area (Å²) in [6, 6.07) is 17.0. The number of ether oxygens (including phenoxy) is 1. The number of hydrogen-bond donors (Lipinski definition) is 2. The molecule has 8 heteroatoms. The van der Waals surface area contributed by atoms with Gasteiger partial charge in [-0.25, -0.2) is 4.79 Å². The third-order valence-electron chi connectivity index (χ3n) is 4.11. The summed E-state index contributed by atoms with van der Waals surface area (Å²) in [4.78, 5) is 37.4. The molecular weight excluding hydrogens is 404 g/mol. The van der Waals surface area contributed by atoms with Crippen molar-refractivity contribution in [3.8, 4) is 0 Å². The SMILES string of the molecule is COC(=O)c1ccccc1NC(=O)C(C)Sc1cccc(NC(=O)c2ccco2)c1. The zero-order valence-electron chi connectivity index (χ0n) is 16.4. The Kier molecular flexibility index (Phi) is 6.92. The predicted molar refractivity (Wildman–Crippen MR) is 115 cm³/mol. The van der Waals surface area contributed by atoms with E-state index in [0.717, 1.165) is 4.90 Å². The smallest absolute Gasteiger partial charge is 0.339 e. The van der Waals surface area contributed by atoms with Crippen molar-refractivity contribution in [3.05, 3.63) is 78.3 Å². The standard InChI is InChI=1S/C22H20N2O5S/c1-14(20(25)24-18-10-4-3-9-17(18)22(27)28-2)30-16-8-5-7-15(13-16)23-21(26)19-11-6-12-29-19/h3-14H,1-2H3,(H,23,26)(H,24,25). The summed E-state index contributed by atoms with van der Waals surface area (Å²) in [7, 11) is 1.29. The van der Waals surface area contributed by atoms with Crippen LogP contribution in [0.25, 0.3) is 0 Å². The van der Waals surface area contributed by atoms with E-state index in [1.54, 1.807) is 61.5 Å². The summed E-state index contributed by atoms with van der Waals surface area (Å²) in [6.45, 7) is 1.76. The van der Waals surface area contributed by atoms with E-state index in [2.05, 4.69) is 10.6 Å². The van der Waals surface area contributed by atoms with Crippen molar-refractivity contribution in [2.24, 2.45) is 0 Å². The fourth-order valence-electron chi connectivity index (χ4n) is 2.62. The lowest BCUT2D eigenvalue weighted by Crippen LogP contribution is -2.23. The van der Waals surface area contributed by atoms with E-state index in [1.807, 2.05) is 6.07 Å². The minimum Gasteiger partial charge on any atom is -0.465 e. The molecule has 1 heterocycles. The van der Waals surface area contributed by atoms with E-state index >= 15 is 0 Å². The molecule has 0 spiro atoms. The van der Waals surface area contributed by atoms with Gasteiger partial charge in [0.15, 0.2) is 5.76 Å². The van der Waals surface area contributed by atoms with Crippen molar-refractivity contribution < 1.29 is 23.5 Å². The number of hydrogen-bond acceptors (Lipinski definition) is 6. The topological polar surface area (TPSA) is 97.6 Å². The van der Waals surface area contributed by atoms with E-state index in [9.17, 15) is 14.4 Å². The van der Waals surface area contributed by atoms with Crippen molar-refractivity contribution in [3.63, 3.8) is 0 Å². The molecule has 0 aliphatic rings. The molecule has 3 rings (SSSR count). The zero-order valence-corrected chi connectivity index (χ0v) is 17.2. The Balaban J connectivity index is 1.65. The predicted octanol–water partition coefficient (Wildman–Crippen LogP) is 4.44. The molecule has 2 amide bonds. The molecule has 1 aromatic heterocycles. The molecular formula is C22H20N2O5S. The van der Waals surface area contributed by atoms with E-state index in [1.165, 1.54) is 25.1 Å². The molecule has 0 aliphatic heterocycles. The van der Waals surface area contributed by atoms with E-state index in [-0.39, 0.29) is 23.1 Å². The molecule has 30 heavy (non-hydrogen) atoms. The Morgan fingerprint density at radius 1 is 1.00 bits per heavy atom. The normalized spacial score (nSPS) is 11.4. The summed E-state index contributed by atoms with van der Waals surface area (Å²) >= 11 is 1.33. The number of carbonyl (C=O) groups excluding carboxylic acids is 3. The van der Waals surface area contributed by atoms with Crippen LogP contribution in [0.1, 0.15) is 27.8 Å². The molecule has 1 unspecified atom stereocenters. The third kappa shape index (κ3) is 5.30. The monoisotopic (exact) mass is 424 g/mol. The number of carbonyl (C=O) groups is 3. The highest BCUT2D eigenvalue weighted by molar-refractivity contribution is 8.00. The number of amides is 2. The first-order valence-corrected chi connectivity index (χ1v) is 9.95. The first kappa shape index (κ1) is 21.2. The van der Waals surface area contributed by atoms with Crippen LogP contribution in [0.2, 0.25) is 0 Å². The number of esters is 1. The molecule has 0 aliphatic carbocycles. The zero-order chi connectivity index (χ0) is 21.5. The molecule has 0 radical (unpaired) electrons. The summed E-state index contributed by atoms with van der Waals surface area (Å²) < 4.78 is 9.83. The van der Waals surface area contributed by atoms with Crippen LogP contribution in [0.3, 0.4) is 0 Å². The lowest BCUT2D eigenvalue weighted by atomic mass is 10.2. The number of rotatable bonds is 7. The van der Waals surface area contributed by atoms with Crippen molar-refractivity contribution >= 4 is 40.9 Å². The Morgan fingerprint density at radius 2 is 1.80 bits per heavy atom. The lowest BCUT2D eigenvalue weighted by molar-refractivity contribution is -0.115. The average Bonchev–Trinajstić information content (AvgIpc) is 3.29. The van der Waals surface area contributed by atoms with Gasteiger partial charge in [0.1, 0.15) is 0 Å². The fourth-order valence-corrected chi connectivity index (χ4v) is 3.55. The first-order valence-electron chi connectivity index (χ1n) is 9.07. The van der Waals surface area contributed by atoms with Crippen LogP contribution in [0, 0.1) is 0 Å². The van der Waals surface area contributed by atoms with Crippen LogP contribution in [0.4, 0.5) is 11.4 Å². The number of nitrogens with one attached hydrogen (secondary N) is 2. The Labute approximate surface area is 177 Å². The van der Waals surface area contributed by atoms with Gasteiger partial charge < -0.3 is 19.8 Å². The van der Waals surface area contributed by atoms with Gasteiger partial charge in [-0.2, -0.15) is 0 Å². The quantitative estimate of drug-likeness (QED) is 0.430. The molecule has 1 atom stereocenters. The molecule has 2 N–H and O–H groups in total. The minimum absolute atomic E-state index is 0.213. The Hall–Kier alpha value is -3.52. The van der Waals surface area contributed by atoms with Crippen LogP contribution in [0.15, 0.2) is 76.2 Å². The largest absolute Gasteiger partial charge is 0.465 e. The Bertz CT molecular complexity index is 1050. The van der Waals surface area contributed by atoms with Crippen LogP contribution < -0.4 is 10.6 Å². The van der Waals surface area contributed by atoms with Crippen LogP contribution in [-0.2, 0) is 9.53 Å². The highest BCUT2D eigenvalue weighted by Gasteiger charge is 2.18. The summed E-state index contributed by atoms with van der Waals surface area (Å²) in [6.07, 6.45) is 1.43. The molecule has 7 nitrogen and oxygen atoms in total. The second-order valence-corrected chi connectivity index (χ2v) is 7.66. The maximum atomic E-state index is 12.6. The maximum absolute atomic E-state index is 12.6. The highest BCUT2D eigenvalue weighted by Crippen LogP contribution is 2.27. The minimum atomic E-state index is -0.522. The second-order valence-electron chi connectivity index (χ2n) is 6.25. The number of methoxy groups -OCH3 is 1. The van der Waals surface area contributed by atoms with E-state index in [4.69, 9.17) is 9.15 Å². The summed E-state index contributed by atoms with van der Waals surface area (Å²) in [5.41, 5.74) is 1.26. The summed E-state index contributed by atoms with van der Waals surface area (Å²) in [5, 5.41) is 5.07. The average molecular weight is 424 g/mol. The molecule has 0 saturated carbocycles. The maximum Gasteiger partial charge on any atom is 0.339 e. The second kappa shape index (κ2) is 9.80. The van der Waals surface area contributed by atoms with Gasteiger partial charge in [-0.15, -0.1) is 11.8 Å². The van der Waals surface area contributed by atoms with Gasteiger partial charge in [0.25, 0.3) is 5.91 Å². The van der Waals surface area contributed by atoms with E-state index in [0.29, 0.717) is 11.4 Å². The number of thioether (sulfide) groups is 1. The number of anilines is 2. The van der Waals surface area contributed by atoms with Crippen molar-refractivity contribution in [1.29, 1.82) is 0 Å². The van der Waals surface area contributed by atoms with Gasteiger partial charge in [-0.05, 0) is 49.4 Å². The molecule has 154 valence electrons. The number of furan rings is 1. The van der Waals surface area contributed by atoms with Crippen LogP contribution in [0.5, 0.6) is 0 Å². The molecule has 0 fully saturated rings. The van der Waals surface area contributed by atoms with Gasteiger partial charge in [0, 0.05) is 10.6 Å². The molecule has 3 aromatic rings. The fraction of sp³-hybridized carbons (Fsp3) is 0.136. The van der Waals surface area contributed by atoms with Gasteiger partial charge in [-0.3, -0.25) is 9.59 Å². The first-order chi connectivity index (χ1) is 14.5. The third-order valence-corrected chi connectivity index (χ3v) is 5.20. The molecule has 2 aromatic carbocycles. The number of para-hydroxylation sites is 1. The van der Waals surface area contributed by atoms with Gasteiger partial charge >= 0.3 is 5.97 Å². The van der Waals surface area contributed by atoms with E-state index < -0.39 is 11.2 Å². The summed E-state index contributed by atoms with van der Waals surface area (Å²) in [5.74, 6) is -0.926. The Morgan fingerprint density at radius 3 is 2.53 bits per heavy atom. The molecule has 0 saturated heterocycles. The van der Waals surface area contributed by atoms with Crippen LogP contribution in [-0.4, -0.2) is 30.1 Å². The van der Waals surface area contributed by atoms with Crippen molar-refractivity contribution in [1.82, 2.24) is 0 Å². The van der Waals surface area contributed by atoms with Gasteiger partial charge in [0.2, 0.25) is 5.91 Å². The highest BCUT2D eigenvalue weighted by atomic mass is 32.2. The van der Waals surface area contributed by atoms with Gasteiger partial charge in [-0.1, -0.05) is 18.2 Å². The van der Waals surface area contributed by atoms with Crippen molar-refractivity contribution in [2.75, 3.05) is 17.7 Å². The van der Waals surface area contributed by atoms with Gasteiger partial charge in [0.05, 0.1) is 29.9 Å². The number of benzene rings is 2. The lowest BCUT2D eigenvalue weighted by Gasteiger charge is -2.14.